The molecule has 0 saturated carbocycles. The Kier molecular flexibility index (Phi) is 5.63. The Labute approximate surface area is 101 Å². The van der Waals surface area contributed by atoms with E-state index < -0.39 is 12.0 Å². The molecule has 1 unspecified atom stereocenters. The number of hydrogen-bond donors (Lipinski definition) is 1. The van der Waals surface area contributed by atoms with E-state index in [0.29, 0.717) is 12.2 Å². The Balaban J connectivity index is 2.46. The zero-order valence-electron chi connectivity index (χ0n) is 9.99. The van der Waals surface area contributed by atoms with Crippen molar-refractivity contribution in [3.8, 4) is 0 Å². The molecule has 0 fully saturated rings. The van der Waals surface area contributed by atoms with Gasteiger partial charge in [-0.1, -0.05) is 31.5 Å². The van der Waals surface area contributed by atoms with Crippen LogP contribution in [0, 0.1) is 5.82 Å². The fourth-order valence-electron chi connectivity index (χ4n) is 1.41. The van der Waals surface area contributed by atoms with Gasteiger partial charge in [-0.3, -0.25) is 4.79 Å². The second-order valence-electron chi connectivity index (χ2n) is 3.92. The van der Waals surface area contributed by atoms with Crippen LogP contribution in [0.2, 0.25) is 0 Å². The van der Waals surface area contributed by atoms with Gasteiger partial charge in [0, 0.05) is 6.42 Å². The Bertz CT molecular complexity index is 368. The summed E-state index contributed by atoms with van der Waals surface area (Å²) in [7, 11) is 0. The van der Waals surface area contributed by atoms with Crippen LogP contribution in [0.5, 0.6) is 0 Å². The van der Waals surface area contributed by atoms with Crippen molar-refractivity contribution in [2.24, 2.45) is 5.73 Å². The standard InChI is InChI=1S/C13H18FNO2/c1-2-3-8-17-13(16)12(15)9-10-6-4-5-7-11(10)14/h4-7,12H,2-3,8-9,15H2,1H3. The normalized spacial score (nSPS) is 12.2. The largest absolute Gasteiger partial charge is 0.465 e. The molecule has 1 aromatic carbocycles. The molecule has 17 heavy (non-hydrogen) atoms. The molecule has 1 atom stereocenters. The van der Waals surface area contributed by atoms with Gasteiger partial charge in [0.05, 0.1) is 6.61 Å². The van der Waals surface area contributed by atoms with Crippen LogP contribution in [0.25, 0.3) is 0 Å². The fourth-order valence-corrected chi connectivity index (χ4v) is 1.41. The lowest BCUT2D eigenvalue weighted by Crippen LogP contribution is -2.34. The zero-order chi connectivity index (χ0) is 12.7. The average Bonchev–Trinajstić information content (AvgIpc) is 2.32. The van der Waals surface area contributed by atoms with Gasteiger partial charge in [-0.15, -0.1) is 0 Å². The van der Waals surface area contributed by atoms with Crippen molar-refractivity contribution < 1.29 is 13.9 Å². The number of unbranched alkanes of at least 4 members (excludes halogenated alkanes) is 1. The molecule has 0 aliphatic rings. The number of carbonyl (C=O) groups excluding carboxylic acids is 1. The molecule has 2 N–H and O–H groups in total. The predicted molar refractivity (Wildman–Crippen MR) is 63.9 cm³/mol. The highest BCUT2D eigenvalue weighted by atomic mass is 19.1. The summed E-state index contributed by atoms with van der Waals surface area (Å²) in [5.74, 6) is -0.814. The number of ether oxygens (including phenoxy) is 1. The minimum Gasteiger partial charge on any atom is -0.465 e. The van der Waals surface area contributed by atoms with Crippen molar-refractivity contribution in [2.45, 2.75) is 32.2 Å². The number of esters is 1. The Morgan fingerprint density at radius 2 is 2.18 bits per heavy atom. The van der Waals surface area contributed by atoms with Gasteiger partial charge in [-0.05, 0) is 18.1 Å². The van der Waals surface area contributed by atoms with Crippen LogP contribution in [0.1, 0.15) is 25.3 Å². The number of hydrogen-bond acceptors (Lipinski definition) is 3. The minimum absolute atomic E-state index is 0.164. The molecular weight excluding hydrogens is 221 g/mol. The summed E-state index contributed by atoms with van der Waals surface area (Å²) in [4.78, 5) is 11.5. The molecule has 3 nitrogen and oxygen atoms in total. The summed E-state index contributed by atoms with van der Waals surface area (Å²) in [6, 6.07) is 5.49. The summed E-state index contributed by atoms with van der Waals surface area (Å²) in [5, 5.41) is 0. The Hall–Kier alpha value is -1.42. The average molecular weight is 239 g/mol. The maximum atomic E-state index is 13.3. The van der Waals surface area contributed by atoms with E-state index in [1.54, 1.807) is 18.2 Å². The summed E-state index contributed by atoms with van der Waals surface area (Å²) in [6.07, 6.45) is 1.94. The van der Waals surface area contributed by atoms with E-state index in [-0.39, 0.29) is 12.2 Å². The van der Waals surface area contributed by atoms with Gasteiger partial charge in [0.15, 0.2) is 0 Å². The Morgan fingerprint density at radius 1 is 1.47 bits per heavy atom. The molecular formula is C13H18FNO2. The third-order valence-electron chi connectivity index (χ3n) is 2.44. The topological polar surface area (TPSA) is 52.3 Å². The van der Waals surface area contributed by atoms with Crippen LogP contribution in [-0.4, -0.2) is 18.6 Å². The molecule has 0 spiro atoms. The van der Waals surface area contributed by atoms with Crippen LogP contribution < -0.4 is 5.73 Å². The molecule has 0 amide bonds. The lowest BCUT2D eigenvalue weighted by atomic mass is 10.1. The third kappa shape index (κ3) is 4.53. The number of carbonyl (C=O) groups is 1. The van der Waals surface area contributed by atoms with Crippen LogP contribution in [0.3, 0.4) is 0 Å². The highest BCUT2D eigenvalue weighted by Gasteiger charge is 2.16. The summed E-state index contributed by atoms with van der Waals surface area (Å²) >= 11 is 0. The molecule has 0 aliphatic heterocycles. The number of rotatable bonds is 6. The van der Waals surface area contributed by atoms with Crippen molar-refractivity contribution >= 4 is 5.97 Å². The molecule has 1 aromatic rings. The number of halogens is 1. The first-order valence-corrected chi connectivity index (χ1v) is 5.80. The van der Waals surface area contributed by atoms with E-state index in [4.69, 9.17) is 10.5 Å². The molecule has 0 heterocycles. The van der Waals surface area contributed by atoms with E-state index in [1.165, 1.54) is 6.07 Å². The molecule has 0 aliphatic carbocycles. The van der Waals surface area contributed by atoms with E-state index in [0.717, 1.165) is 12.8 Å². The van der Waals surface area contributed by atoms with E-state index >= 15 is 0 Å². The first kappa shape index (κ1) is 13.6. The monoisotopic (exact) mass is 239 g/mol. The van der Waals surface area contributed by atoms with Gasteiger partial charge in [0.25, 0.3) is 0 Å². The van der Waals surface area contributed by atoms with Crippen molar-refractivity contribution in [3.05, 3.63) is 35.6 Å². The van der Waals surface area contributed by atoms with Crippen LogP contribution in [-0.2, 0) is 16.0 Å². The second-order valence-corrected chi connectivity index (χ2v) is 3.92. The summed E-state index contributed by atoms with van der Waals surface area (Å²) in [5.41, 5.74) is 6.10. The second kappa shape index (κ2) is 7.01. The van der Waals surface area contributed by atoms with Gasteiger partial charge >= 0.3 is 5.97 Å². The van der Waals surface area contributed by atoms with Crippen molar-refractivity contribution in [2.75, 3.05) is 6.61 Å². The molecule has 0 bridgehead atoms. The van der Waals surface area contributed by atoms with Crippen LogP contribution >= 0.6 is 0 Å². The van der Waals surface area contributed by atoms with Crippen molar-refractivity contribution in [1.82, 2.24) is 0 Å². The Morgan fingerprint density at radius 3 is 2.82 bits per heavy atom. The zero-order valence-corrected chi connectivity index (χ0v) is 9.99. The molecule has 94 valence electrons. The van der Waals surface area contributed by atoms with Gasteiger partial charge in [-0.2, -0.15) is 0 Å². The highest BCUT2D eigenvalue weighted by Crippen LogP contribution is 2.09. The van der Waals surface area contributed by atoms with Crippen molar-refractivity contribution in [3.63, 3.8) is 0 Å². The van der Waals surface area contributed by atoms with Gasteiger partial charge in [-0.25, -0.2) is 4.39 Å². The van der Waals surface area contributed by atoms with E-state index in [1.807, 2.05) is 6.92 Å². The van der Waals surface area contributed by atoms with Crippen LogP contribution in [0.15, 0.2) is 24.3 Å². The molecule has 0 radical (unpaired) electrons. The van der Waals surface area contributed by atoms with E-state index in [9.17, 15) is 9.18 Å². The maximum Gasteiger partial charge on any atom is 0.323 e. The quantitative estimate of drug-likeness (QED) is 0.610. The van der Waals surface area contributed by atoms with Crippen LogP contribution in [0.4, 0.5) is 4.39 Å². The molecule has 0 aromatic heterocycles. The lowest BCUT2D eigenvalue weighted by Gasteiger charge is -2.11. The van der Waals surface area contributed by atoms with Gasteiger partial charge in [0.2, 0.25) is 0 Å². The maximum absolute atomic E-state index is 13.3. The summed E-state index contributed by atoms with van der Waals surface area (Å²) in [6.45, 7) is 2.38. The van der Waals surface area contributed by atoms with Gasteiger partial charge in [0.1, 0.15) is 11.9 Å². The molecule has 1 rings (SSSR count). The fraction of sp³-hybridized carbons (Fsp3) is 0.462. The van der Waals surface area contributed by atoms with E-state index in [2.05, 4.69) is 0 Å². The summed E-state index contributed by atoms with van der Waals surface area (Å²) < 4.78 is 18.3. The smallest absolute Gasteiger partial charge is 0.323 e. The SMILES string of the molecule is CCCCOC(=O)C(N)Cc1ccccc1F. The molecule has 0 saturated heterocycles. The van der Waals surface area contributed by atoms with Crippen molar-refractivity contribution in [1.29, 1.82) is 0 Å². The third-order valence-corrected chi connectivity index (χ3v) is 2.44. The highest BCUT2D eigenvalue weighted by molar-refractivity contribution is 5.75. The number of nitrogens with two attached hydrogens (primary N) is 1. The number of benzene rings is 1. The lowest BCUT2D eigenvalue weighted by molar-refractivity contribution is -0.145. The van der Waals surface area contributed by atoms with Gasteiger partial charge < -0.3 is 10.5 Å². The first-order chi connectivity index (χ1) is 8.15. The predicted octanol–water partition coefficient (Wildman–Crippen LogP) is 2.04. The minimum atomic E-state index is -0.802. The first-order valence-electron chi connectivity index (χ1n) is 5.80. The molecule has 4 heteroatoms.